The molecule has 4 nitrogen and oxygen atoms in total. The molecule has 1 amide bonds. The molecular formula is C20H19F6N3O. The number of carbonyl (C=O) groups excluding carboxylic acids is 1. The number of hydrogen-bond donors (Lipinski definition) is 2. The van der Waals surface area contributed by atoms with Crippen molar-refractivity contribution in [1.29, 1.82) is 0 Å². The maximum absolute atomic E-state index is 12.9. The van der Waals surface area contributed by atoms with Crippen molar-refractivity contribution < 1.29 is 31.1 Å². The molecule has 1 aliphatic carbocycles. The van der Waals surface area contributed by atoms with Crippen LogP contribution in [0.25, 0.3) is 0 Å². The molecule has 0 spiro atoms. The summed E-state index contributed by atoms with van der Waals surface area (Å²) in [5, 5.41) is 5.66. The number of nitrogens with one attached hydrogen (secondary N) is 2. The predicted octanol–water partition coefficient (Wildman–Crippen LogP) is 5.27. The Morgan fingerprint density at radius 2 is 1.33 bits per heavy atom. The van der Waals surface area contributed by atoms with Gasteiger partial charge in [0, 0.05) is 23.3 Å². The van der Waals surface area contributed by atoms with E-state index in [9.17, 15) is 31.1 Å². The molecule has 0 bridgehead atoms. The standard InChI is InChI=1S/C20H19F6N3O/c21-19(22,23)16-10-15(11-17(29-16)20(24,25)26)27-13-6-8-14(9-7-13)28-18(30)12-4-2-1-3-5-12/h1-5,10-11,13-14H,6-9H2,(H,27,29)(H,28,30). The average molecular weight is 431 g/mol. The summed E-state index contributed by atoms with van der Waals surface area (Å²) in [4.78, 5) is 14.9. The van der Waals surface area contributed by atoms with E-state index < -0.39 is 23.7 Å². The van der Waals surface area contributed by atoms with E-state index in [-0.39, 0.29) is 23.7 Å². The summed E-state index contributed by atoms with van der Waals surface area (Å²) in [7, 11) is 0. The predicted molar refractivity (Wildman–Crippen MR) is 97.8 cm³/mol. The van der Waals surface area contributed by atoms with E-state index in [2.05, 4.69) is 15.6 Å². The number of aromatic nitrogens is 1. The zero-order valence-corrected chi connectivity index (χ0v) is 15.6. The number of amides is 1. The van der Waals surface area contributed by atoms with Gasteiger partial charge in [-0.1, -0.05) is 18.2 Å². The van der Waals surface area contributed by atoms with Gasteiger partial charge in [0.25, 0.3) is 5.91 Å². The van der Waals surface area contributed by atoms with E-state index in [1.165, 1.54) is 0 Å². The Kier molecular flexibility index (Phi) is 6.23. The van der Waals surface area contributed by atoms with Crippen LogP contribution >= 0.6 is 0 Å². The first-order valence-corrected chi connectivity index (χ1v) is 9.31. The summed E-state index contributed by atoms with van der Waals surface area (Å²) in [6, 6.07) is 9.40. The van der Waals surface area contributed by atoms with Crippen LogP contribution in [0.5, 0.6) is 0 Å². The smallest absolute Gasteiger partial charge is 0.382 e. The van der Waals surface area contributed by atoms with Gasteiger partial charge in [-0.15, -0.1) is 0 Å². The molecule has 2 aromatic rings. The molecule has 0 saturated heterocycles. The van der Waals surface area contributed by atoms with Crippen molar-refractivity contribution in [3.8, 4) is 0 Å². The highest BCUT2D eigenvalue weighted by atomic mass is 19.4. The quantitative estimate of drug-likeness (QED) is 0.649. The van der Waals surface area contributed by atoms with Crippen molar-refractivity contribution in [1.82, 2.24) is 10.3 Å². The molecule has 0 atom stereocenters. The summed E-state index contributed by atoms with van der Waals surface area (Å²) >= 11 is 0. The van der Waals surface area contributed by atoms with Gasteiger partial charge in [0.2, 0.25) is 0 Å². The summed E-state index contributed by atoms with van der Waals surface area (Å²) in [6.45, 7) is 0. The summed E-state index contributed by atoms with van der Waals surface area (Å²) in [5.41, 5.74) is -2.94. The molecule has 3 rings (SSSR count). The Labute approximate surface area is 168 Å². The van der Waals surface area contributed by atoms with Crippen LogP contribution in [0, 0.1) is 0 Å². The van der Waals surface area contributed by atoms with Crippen LogP contribution in [0.3, 0.4) is 0 Å². The van der Waals surface area contributed by atoms with Gasteiger partial charge >= 0.3 is 12.4 Å². The van der Waals surface area contributed by atoms with E-state index in [0.717, 1.165) is 0 Å². The van der Waals surface area contributed by atoms with E-state index in [1.54, 1.807) is 30.3 Å². The first-order chi connectivity index (χ1) is 14.0. The van der Waals surface area contributed by atoms with Gasteiger partial charge in [0.05, 0.1) is 0 Å². The summed E-state index contributed by atoms with van der Waals surface area (Å²) < 4.78 is 77.6. The van der Waals surface area contributed by atoms with Crippen LogP contribution in [-0.2, 0) is 12.4 Å². The second-order valence-electron chi connectivity index (χ2n) is 7.15. The highest BCUT2D eigenvalue weighted by Gasteiger charge is 2.39. The zero-order valence-electron chi connectivity index (χ0n) is 15.6. The fraction of sp³-hybridized carbons (Fsp3) is 0.400. The van der Waals surface area contributed by atoms with Crippen molar-refractivity contribution in [3.63, 3.8) is 0 Å². The number of carbonyl (C=O) groups is 1. The Balaban J connectivity index is 1.62. The Bertz CT molecular complexity index is 842. The molecule has 0 aliphatic heterocycles. The molecular weight excluding hydrogens is 412 g/mol. The van der Waals surface area contributed by atoms with Crippen LogP contribution in [0.15, 0.2) is 42.5 Å². The van der Waals surface area contributed by atoms with Gasteiger partial charge in [0.1, 0.15) is 11.4 Å². The molecule has 1 heterocycles. The number of anilines is 1. The molecule has 1 saturated carbocycles. The lowest BCUT2D eigenvalue weighted by Gasteiger charge is -2.30. The van der Waals surface area contributed by atoms with E-state index in [0.29, 0.717) is 43.4 Å². The van der Waals surface area contributed by atoms with Gasteiger partial charge in [-0.3, -0.25) is 4.79 Å². The van der Waals surface area contributed by atoms with Gasteiger partial charge < -0.3 is 10.6 Å². The average Bonchev–Trinajstić information content (AvgIpc) is 2.68. The minimum absolute atomic E-state index is 0.107. The fourth-order valence-corrected chi connectivity index (χ4v) is 3.38. The number of benzene rings is 1. The van der Waals surface area contributed by atoms with Crippen molar-refractivity contribution in [2.45, 2.75) is 50.1 Å². The van der Waals surface area contributed by atoms with Gasteiger partial charge in [-0.25, -0.2) is 4.98 Å². The first-order valence-electron chi connectivity index (χ1n) is 9.31. The van der Waals surface area contributed by atoms with Crippen LogP contribution in [0.4, 0.5) is 32.0 Å². The lowest BCUT2D eigenvalue weighted by Crippen LogP contribution is -2.40. The zero-order chi connectivity index (χ0) is 21.9. The maximum Gasteiger partial charge on any atom is 0.433 e. The Hall–Kier alpha value is -2.78. The monoisotopic (exact) mass is 431 g/mol. The highest BCUT2D eigenvalue weighted by molar-refractivity contribution is 5.94. The third-order valence-electron chi connectivity index (χ3n) is 4.88. The molecule has 2 N–H and O–H groups in total. The molecule has 0 radical (unpaired) electrons. The SMILES string of the molecule is O=C(NC1CCC(Nc2cc(C(F)(F)F)nc(C(F)(F)F)c2)CC1)c1ccccc1. The number of pyridine rings is 1. The minimum atomic E-state index is -4.99. The first kappa shape index (κ1) is 21.9. The number of halogens is 6. The van der Waals surface area contributed by atoms with Crippen LogP contribution in [0.2, 0.25) is 0 Å². The lowest BCUT2D eigenvalue weighted by molar-refractivity contribution is -0.150. The van der Waals surface area contributed by atoms with Crippen LogP contribution < -0.4 is 10.6 Å². The highest BCUT2D eigenvalue weighted by Crippen LogP contribution is 2.35. The molecule has 10 heteroatoms. The van der Waals surface area contributed by atoms with Crippen molar-refractivity contribution >= 4 is 11.6 Å². The fourth-order valence-electron chi connectivity index (χ4n) is 3.38. The lowest BCUT2D eigenvalue weighted by atomic mass is 9.90. The van der Waals surface area contributed by atoms with E-state index in [4.69, 9.17) is 0 Å². The summed E-state index contributed by atoms with van der Waals surface area (Å²) in [5.74, 6) is -0.217. The molecule has 1 aromatic carbocycles. The van der Waals surface area contributed by atoms with E-state index >= 15 is 0 Å². The van der Waals surface area contributed by atoms with Gasteiger partial charge in [-0.05, 0) is 49.9 Å². The van der Waals surface area contributed by atoms with Crippen LogP contribution in [0.1, 0.15) is 47.4 Å². The summed E-state index contributed by atoms with van der Waals surface area (Å²) in [6.07, 6.45) is -7.89. The third-order valence-corrected chi connectivity index (χ3v) is 4.88. The Morgan fingerprint density at radius 3 is 1.83 bits per heavy atom. The number of hydrogen-bond acceptors (Lipinski definition) is 3. The molecule has 1 aromatic heterocycles. The molecule has 30 heavy (non-hydrogen) atoms. The molecule has 1 fully saturated rings. The van der Waals surface area contributed by atoms with Gasteiger partial charge in [-0.2, -0.15) is 26.3 Å². The molecule has 162 valence electrons. The second-order valence-corrected chi connectivity index (χ2v) is 7.15. The number of nitrogens with zero attached hydrogens (tertiary/aromatic N) is 1. The van der Waals surface area contributed by atoms with E-state index in [1.807, 2.05) is 0 Å². The molecule has 1 aliphatic rings. The van der Waals surface area contributed by atoms with Gasteiger partial charge in [0.15, 0.2) is 0 Å². The van der Waals surface area contributed by atoms with Crippen LogP contribution in [-0.4, -0.2) is 23.0 Å². The topological polar surface area (TPSA) is 54.0 Å². The normalized spacial score (nSPS) is 19.9. The maximum atomic E-state index is 12.9. The minimum Gasteiger partial charge on any atom is -0.382 e. The largest absolute Gasteiger partial charge is 0.433 e. The van der Waals surface area contributed by atoms with Crippen molar-refractivity contribution in [3.05, 3.63) is 59.4 Å². The van der Waals surface area contributed by atoms with Crippen molar-refractivity contribution in [2.75, 3.05) is 5.32 Å². The second kappa shape index (κ2) is 8.53. The number of alkyl halides is 6. The molecule has 0 unspecified atom stereocenters. The van der Waals surface area contributed by atoms with Crippen molar-refractivity contribution in [2.24, 2.45) is 0 Å². The third kappa shape index (κ3) is 5.64. The number of rotatable bonds is 4. The Morgan fingerprint density at radius 1 is 0.833 bits per heavy atom.